The summed E-state index contributed by atoms with van der Waals surface area (Å²) in [6, 6.07) is 9.95. The molecule has 0 aliphatic heterocycles. The van der Waals surface area contributed by atoms with Gasteiger partial charge in [0.15, 0.2) is 0 Å². The Morgan fingerprint density at radius 1 is 1.24 bits per heavy atom. The minimum Gasteiger partial charge on any atom is -0.487 e. The molecule has 0 heterocycles. The van der Waals surface area contributed by atoms with Gasteiger partial charge in [-0.25, -0.2) is 4.79 Å². The normalized spacial score (nSPS) is 10.2. The maximum atomic E-state index is 11.5. The second kappa shape index (κ2) is 6.70. The topological polar surface area (TPSA) is 61.5 Å². The minimum absolute atomic E-state index is 0.189. The van der Waals surface area contributed by atoms with Crippen molar-refractivity contribution in [2.24, 2.45) is 0 Å². The van der Waals surface area contributed by atoms with Gasteiger partial charge in [-0.2, -0.15) is 0 Å². The summed E-state index contributed by atoms with van der Waals surface area (Å²) < 4.78 is 10.3. The molecule has 6 heteroatoms. The van der Waals surface area contributed by atoms with Crippen molar-refractivity contribution in [2.45, 2.75) is 6.61 Å². The van der Waals surface area contributed by atoms with Gasteiger partial charge >= 0.3 is 5.97 Å². The van der Waals surface area contributed by atoms with Crippen LogP contribution in [0.15, 0.2) is 36.4 Å². The maximum Gasteiger partial charge on any atom is 0.337 e. The summed E-state index contributed by atoms with van der Waals surface area (Å²) in [6.45, 7) is 0.189. The third-order valence-corrected chi connectivity index (χ3v) is 3.71. The van der Waals surface area contributed by atoms with E-state index in [9.17, 15) is 4.79 Å². The van der Waals surface area contributed by atoms with Crippen LogP contribution in [0, 0.1) is 0 Å². The molecule has 110 valence electrons. The number of carbonyl (C=O) groups is 1. The van der Waals surface area contributed by atoms with Crippen LogP contribution >= 0.6 is 23.2 Å². The molecule has 0 aliphatic rings. The van der Waals surface area contributed by atoms with E-state index in [-0.39, 0.29) is 6.61 Å². The van der Waals surface area contributed by atoms with E-state index < -0.39 is 5.97 Å². The Kier molecular flexibility index (Phi) is 4.94. The zero-order valence-corrected chi connectivity index (χ0v) is 12.7. The number of esters is 1. The molecule has 4 nitrogen and oxygen atoms in total. The molecule has 0 atom stereocenters. The molecule has 2 N–H and O–H groups in total. The number of hydrogen-bond donors (Lipinski definition) is 1. The third kappa shape index (κ3) is 3.60. The first-order valence-corrected chi connectivity index (χ1v) is 6.82. The molecule has 0 unspecified atom stereocenters. The molecular weight excluding hydrogens is 313 g/mol. The molecule has 2 rings (SSSR count). The van der Waals surface area contributed by atoms with E-state index >= 15 is 0 Å². The van der Waals surface area contributed by atoms with Gasteiger partial charge in [-0.1, -0.05) is 35.3 Å². The molecule has 0 bridgehead atoms. The average Bonchev–Trinajstić information content (AvgIpc) is 2.49. The Bertz CT molecular complexity index is 674. The van der Waals surface area contributed by atoms with Crippen molar-refractivity contribution < 1.29 is 14.3 Å². The van der Waals surface area contributed by atoms with E-state index in [1.54, 1.807) is 30.3 Å². The molecular formula is C15H13Cl2NO3. The van der Waals surface area contributed by atoms with Crippen molar-refractivity contribution in [3.8, 4) is 5.75 Å². The fourth-order valence-electron chi connectivity index (χ4n) is 1.72. The Labute approximate surface area is 132 Å². The van der Waals surface area contributed by atoms with Gasteiger partial charge in [0.2, 0.25) is 0 Å². The van der Waals surface area contributed by atoms with Gasteiger partial charge in [0.25, 0.3) is 0 Å². The predicted octanol–water partition coefficient (Wildman–Crippen LogP) is 3.94. The van der Waals surface area contributed by atoms with E-state index in [0.29, 0.717) is 27.0 Å². The van der Waals surface area contributed by atoms with Crippen LogP contribution in [0.2, 0.25) is 10.0 Å². The number of nitrogen functional groups attached to an aromatic ring is 1. The molecule has 0 aromatic heterocycles. The van der Waals surface area contributed by atoms with E-state index in [1.807, 2.05) is 0 Å². The van der Waals surface area contributed by atoms with Gasteiger partial charge in [0, 0.05) is 5.56 Å². The summed E-state index contributed by atoms with van der Waals surface area (Å²) in [5.74, 6) is -0.0745. The summed E-state index contributed by atoms with van der Waals surface area (Å²) in [7, 11) is 1.31. The third-order valence-electron chi connectivity index (χ3n) is 2.85. The number of rotatable bonds is 4. The van der Waals surface area contributed by atoms with Crippen LogP contribution in [0.25, 0.3) is 0 Å². The van der Waals surface area contributed by atoms with Crippen LogP contribution in [0.4, 0.5) is 5.69 Å². The Balaban J connectivity index is 2.19. The largest absolute Gasteiger partial charge is 0.487 e. The van der Waals surface area contributed by atoms with Crippen LogP contribution in [-0.2, 0) is 11.3 Å². The molecule has 0 saturated heterocycles. The van der Waals surface area contributed by atoms with Crippen LogP contribution in [0.3, 0.4) is 0 Å². The number of hydrogen-bond acceptors (Lipinski definition) is 4. The number of anilines is 1. The van der Waals surface area contributed by atoms with Crippen molar-refractivity contribution in [2.75, 3.05) is 12.8 Å². The Morgan fingerprint density at radius 3 is 2.71 bits per heavy atom. The second-order valence-corrected chi connectivity index (χ2v) is 5.03. The van der Waals surface area contributed by atoms with Gasteiger partial charge < -0.3 is 15.2 Å². The lowest BCUT2D eigenvalue weighted by Crippen LogP contribution is -2.04. The maximum absolute atomic E-state index is 11.5. The molecule has 2 aromatic carbocycles. The first-order valence-electron chi connectivity index (χ1n) is 6.06. The molecule has 0 amide bonds. The fraction of sp³-hybridized carbons (Fsp3) is 0.133. The van der Waals surface area contributed by atoms with Gasteiger partial charge in [0.1, 0.15) is 12.4 Å². The molecule has 0 saturated carbocycles. The number of methoxy groups -OCH3 is 1. The smallest absolute Gasteiger partial charge is 0.337 e. The van der Waals surface area contributed by atoms with Gasteiger partial charge in [0.05, 0.1) is 28.4 Å². The summed E-state index contributed by atoms with van der Waals surface area (Å²) in [5.41, 5.74) is 7.33. The van der Waals surface area contributed by atoms with Gasteiger partial charge in [-0.05, 0) is 24.3 Å². The highest BCUT2D eigenvalue weighted by molar-refractivity contribution is 6.42. The van der Waals surface area contributed by atoms with E-state index in [4.69, 9.17) is 33.7 Å². The number of benzene rings is 2. The number of carbonyl (C=O) groups excluding carboxylic acids is 1. The predicted molar refractivity (Wildman–Crippen MR) is 83.0 cm³/mol. The van der Waals surface area contributed by atoms with Crippen molar-refractivity contribution >= 4 is 34.9 Å². The molecule has 0 spiro atoms. The first-order chi connectivity index (χ1) is 10.0. The van der Waals surface area contributed by atoms with Crippen LogP contribution in [0.5, 0.6) is 5.75 Å². The zero-order chi connectivity index (χ0) is 15.4. The van der Waals surface area contributed by atoms with Gasteiger partial charge in [-0.15, -0.1) is 0 Å². The summed E-state index contributed by atoms with van der Waals surface area (Å²) >= 11 is 12.0. The van der Waals surface area contributed by atoms with E-state index in [2.05, 4.69) is 4.74 Å². The fourth-order valence-corrected chi connectivity index (χ4v) is 2.09. The van der Waals surface area contributed by atoms with Crippen LogP contribution in [-0.4, -0.2) is 13.1 Å². The SMILES string of the molecule is COC(=O)c1ccc(N)c(OCc2cccc(Cl)c2Cl)c1. The summed E-state index contributed by atoms with van der Waals surface area (Å²) in [5, 5.41) is 0.885. The molecule has 0 fully saturated rings. The average molecular weight is 326 g/mol. The molecule has 0 aliphatic carbocycles. The van der Waals surface area contributed by atoms with Crippen molar-refractivity contribution in [3.63, 3.8) is 0 Å². The summed E-state index contributed by atoms with van der Waals surface area (Å²) in [4.78, 5) is 11.5. The molecule has 21 heavy (non-hydrogen) atoms. The highest BCUT2D eigenvalue weighted by Gasteiger charge is 2.11. The molecule has 0 radical (unpaired) electrons. The monoisotopic (exact) mass is 325 g/mol. The highest BCUT2D eigenvalue weighted by Crippen LogP contribution is 2.28. The van der Waals surface area contributed by atoms with E-state index in [0.717, 1.165) is 5.56 Å². The lowest BCUT2D eigenvalue weighted by molar-refractivity contribution is 0.0600. The Hall–Kier alpha value is -1.91. The number of halogens is 2. The highest BCUT2D eigenvalue weighted by atomic mass is 35.5. The van der Waals surface area contributed by atoms with Crippen molar-refractivity contribution in [1.82, 2.24) is 0 Å². The lowest BCUT2D eigenvalue weighted by atomic mass is 10.2. The first kappa shape index (κ1) is 15.5. The van der Waals surface area contributed by atoms with Gasteiger partial charge in [-0.3, -0.25) is 0 Å². The second-order valence-electron chi connectivity index (χ2n) is 4.25. The zero-order valence-electron chi connectivity index (χ0n) is 11.2. The van der Waals surface area contributed by atoms with E-state index in [1.165, 1.54) is 13.2 Å². The van der Waals surface area contributed by atoms with Crippen LogP contribution < -0.4 is 10.5 Å². The number of nitrogens with two attached hydrogens (primary N) is 1. The summed E-state index contributed by atoms with van der Waals surface area (Å²) in [6.07, 6.45) is 0. The standard InChI is InChI=1S/C15H13Cl2NO3/c1-20-15(19)9-5-6-12(18)13(7-9)21-8-10-3-2-4-11(16)14(10)17/h2-7H,8,18H2,1H3. The van der Waals surface area contributed by atoms with Crippen molar-refractivity contribution in [1.29, 1.82) is 0 Å². The molecule has 2 aromatic rings. The quantitative estimate of drug-likeness (QED) is 0.683. The van der Waals surface area contributed by atoms with Crippen molar-refractivity contribution in [3.05, 3.63) is 57.6 Å². The minimum atomic E-state index is -0.458. The lowest BCUT2D eigenvalue weighted by Gasteiger charge is -2.11. The number of ether oxygens (including phenoxy) is 2. The Morgan fingerprint density at radius 2 is 2.00 bits per heavy atom. The van der Waals surface area contributed by atoms with Crippen LogP contribution in [0.1, 0.15) is 15.9 Å².